The molecule has 0 amide bonds. The molecule has 0 unspecified atom stereocenters. The molecule has 246 valence electrons. The average Bonchev–Trinajstić information content (AvgIpc) is 3.82. The lowest BCUT2D eigenvalue weighted by Gasteiger charge is -2.42. The predicted molar refractivity (Wildman–Crippen MR) is 176 cm³/mol. The number of benzene rings is 1. The van der Waals surface area contributed by atoms with Crippen molar-refractivity contribution in [3.05, 3.63) is 66.3 Å². The van der Waals surface area contributed by atoms with Gasteiger partial charge >= 0.3 is 5.97 Å². The minimum Gasteiger partial charge on any atom is -0.482 e. The van der Waals surface area contributed by atoms with E-state index in [1.165, 1.54) is 58.3 Å². The Morgan fingerprint density at radius 1 is 0.978 bits per heavy atom. The largest absolute Gasteiger partial charge is 0.482 e. The first kappa shape index (κ1) is 33.2. The maximum absolute atomic E-state index is 11.6. The fourth-order valence-corrected chi connectivity index (χ4v) is 7.21. The fourth-order valence-electron chi connectivity index (χ4n) is 7.21. The van der Waals surface area contributed by atoms with Crippen LogP contribution in [0.2, 0.25) is 0 Å². The number of likely N-dealkylation sites (tertiary alicyclic amines) is 2. The molecule has 1 aromatic carbocycles. The Labute approximate surface area is 269 Å². The third-order valence-corrected chi connectivity index (χ3v) is 9.79. The summed E-state index contributed by atoms with van der Waals surface area (Å²) in [5.74, 6) is 2.29. The van der Waals surface area contributed by atoms with Gasteiger partial charge in [-0.1, -0.05) is 26.0 Å². The lowest BCUT2D eigenvalue weighted by atomic mass is 9.77. The Kier molecular flexibility index (Phi) is 12.1. The van der Waals surface area contributed by atoms with Gasteiger partial charge in [0.15, 0.2) is 6.61 Å². The van der Waals surface area contributed by atoms with Crippen LogP contribution in [0.4, 0.5) is 0 Å². The quantitative estimate of drug-likeness (QED) is 0.208. The summed E-state index contributed by atoms with van der Waals surface area (Å²) in [4.78, 5) is 31.9. The molecule has 1 N–H and O–H groups in total. The molecule has 2 fully saturated rings. The van der Waals surface area contributed by atoms with Crippen LogP contribution >= 0.6 is 0 Å². The Morgan fingerprint density at radius 3 is 2.47 bits per heavy atom. The molecule has 0 radical (unpaired) electrons. The summed E-state index contributed by atoms with van der Waals surface area (Å²) >= 11 is 0. The monoisotopic (exact) mass is 619 g/mol. The van der Waals surface area contributed by atoms with E-state index in [1.807, 2.05) is 36.7 Å². The number of aromatic nitrogens is 4. The summed E-state index contributed by atoms with van der Waals surface area (Å²) in [6.45, 7) is 16.1. The summed E-state index contributed by atoms with van der Waals surface area (Å²) in [7, 11) is 0. The van der Waals surface area contributed by atoms with Crippen molar-refractivity contribution in [2.24, 2.45) is 5.41 Å². The Morgan fingerprint density at radius 2 is 1.76 bits per heavy atom. The second kappa shape index (κ2) is 16.4. The molecule has 0 saturated carbocycles. The maximum atomic E-state index is 11.6. The van der Waals surface area contributed by atoms with Crippen molar-refractivity contribution in [2.45, 2.75) is 91.5 Å². The number of carbonyl (C=O) groups excluding carboxylic acids is 1. The van der Waals surface area contributed by atoms with Crippen LogP contribution in [0.5, 0.6) is 5.75 Å². The summed E-state index contributed by atoms with van der Waals surface area (Å²) in [6.07, 6.45) is 15.5. The van der Waals surface area contributed by atoms with E-state index in [-0.39, 0.29) is 12.6 Å². The van der Waals surface area contributed by atoms with E-state index in [0.717, 1.165) is 49.3 Å². The highest BCUT2D eigenvalue weighted by Gasteiger charge is 2.40. The third-order valence-electron chi connectivity index (χ3n) is 9.79. The number of nitrogens with one attached hydrogen (secondary N) is 1. The number of hydrogen-bond acceptors (Lipinski definition) is 8. The summed E-state index contributed by atoms with van der Waals surface area (Å²) < 4.78 is 12.8. The molecule has 2 aromatic heterocycles. The minimum absolute atomic E-state index is 0.0870. The molecular weight excluding hydrogens is 566 g/mol. The van der Waals surface area contributed by atoms with E-state index in [2.05, 4.69) is 49.3 Å². The first-order chi connectivity index (χ1) is 22.0. The topological polar surface area (TPSA) is 91.8 Å². The van der Waals surface area contributed by atoms with Crippen molar-refractivity contribution in [3.8, 4) is 5.75 Å². The van der Waals surface area contributed by atoms with Gasteiger partial charge in [0.1, 0.15) is 17.4 Å². The SMILES string of the molecule is CCOC(=O)COc1ccc(CN(Cc2ncc[nH]2)Cc2nccn2CCCN2CCC3(CCN(C(CC)CC)CC3)C2)cc1. The average molecular weight is 620 g/mol. The smallest absolute Gasteiger partial charge is 0.344 e. The fraction of sp³-hybridized carbons (Fsp3) is 0.629. The Bertz CT molecular complexity index is 1280. The second-order valence-corrected chi connectivity index (χ2v) is 12.8. The number of hydrogen-bond donors (Lipinski definition) is 1. The van der Waals surface area contributed by atoms with Gasteiger partial charge < -0.3 is 28.8 Å². The number of aromatic amines is 1. The number of piperidine rings is 1. The predicted octanol–water partition coefficient (Wildman–Crippen LogP) is 5.12. The number of carbonyl (C=O) groups is 1. The molecule has 2 aliphatic heterocycles. The van der Waals surface area contributed by atoms with Crippen molar-refractivity contribution in [1.29, 1.82) is 0 Å². The van der Waals surface area contributed by atoms with E-state index in [0.29, 0.717) is 30.9 Å². The second-order valence-electron chi connectivity index (χ2n) is 12.8. The van der Waals surface area contributed by atoms with Gasteiger partial charge in [-0.15, -0.1) is 0 Å². The summed E-state index contributed by atoms with van der Waals surface area (Å²) in [6, 6.07) is 8.66. The lowest BCUT2D eigenvalue weighted by Crippen LogP contribution is -2.45. The zero-order valence-electron chi connectivity index (χ0n) is 27.6. The van der Waals surface area contributed by atoms with Crippen molar-refractivity contribution < 1.29 is 14.3 Å². The summed E-state index contributed by atoms with van der Waals surface area (Å²) in [5.41, 5.74) is 1.69. The molecule has 1 spiro atoms. The maximum Gasteiger partial charge on any atom is 0.344 e. The van der Waals surface area contributed by atoms with Crippen LogP contribution in [0.25, 0.3) is 0 Å². The van der Waals surface area contributed by atoms with Crippen LogP contribution in [0, 0.1) is 5.41 Å². The van der Waals surface area contributed by atoms with Gasteiger partial charge in [0.2, 0.25) is 0 Å². The summed E-state index contributed by atoms with van der Waals surface area (Å²) in [5, 5.41) is 0. The molecule has 0 bridgehead atoms. The molecule has 10 nitrogen and oxygen atoms in total. The highest BCUT2D eigenvalue weighted by atomic mass is 16.6. The first-order valence-electron chi connectivity index (χ1n) is 17.0. The molecule has 0 aliphatic carbocycles. The van der Waals surface area contributed by atoms with Crippen LogP contribution in [-0.4, -0.2) is 92.2 Å². The van der Waals surface area contributed by atoms with Gasteiger partial charge in [0, 0.05) is 50.5 Å². The van der Waals surface area contributed by atoms with E-state index in [9.17, 15) is 4.79 Å². The first-order valence-corrected chi connectivity index (χ1v) is 17.0. The van der Waals surface area contributed by atoms with Crippen LogP contribution in [0.15, 0.2) is 49.1 Å². The number of rotatable bonds is 17. The van der Waals surface area contributed by atoms with Gasteiger partial charge in [0.05, 0.1) is 19.7 Å². The van der Waals surface area contributed by atoms with Gasteiger partial charge in [0.25, 0.3) is 0 Å². The highest BCUT2D eigenvalue weighted by Crippen LogP contribution is 2.41. The zero-order valence-corrected chi connectivity index (χ0v) is 27.6. The minimum atomic E-state index is -0.362. The molecule has 10 heteroatoms. The van der Waals surface area contributed by atoms with Gasteiger partial charge in [-0.25, -0.2) is 14.8 Å². The number of imidazole rings is 2. The van der Waals surface area contributed by atoms with Crippen LogP contribution in [0.1, 0.15) is 76.5 Å². The van der Waals surface area contributed by atoms with Crippen LogP contribution < -0.4 is 4.74 Å². The van der Waals surface area contributed by atoms with Crippen LogP contribution in [-0.2, 0) is 35.7 Å². The Balaban J connectivity index is 1.11. The van der Waals surface area contributed by atoms with E-state index in [1.54, 1.807) is 13.1 Å². The van der Waals surface area contributed by atoms with E-state index >= 15 is 0 Å². The zero-order chi connectivity index (χ0) is 31.5. The molecule has 2 aliphatic rings. The van der Waals surface area contributed by atoms with Gasteiger partial charge in [-0.2, -0.15) is 0 Å². The standard InChI is InChI=1S/C35H53N7O3/c1-4-30(5-2)41-21-13-35(14-22-41)12-20-39(28-35)18-7-19-42-23-17-38-33(42)26-40(25-32-36-15-16-37-32)24-29-8-10-31(11-9-29)45-27-34(43)44-6-3/h8-11,15-17,23,30H,4-7,12-14,18-22,24-28H2,1-3H3,(H,36,37). The van der Waals surface area contributed by atoms with Crippen LogP contribution in [0.3, 0.4) is 0 Å². The number of nitrogens with zero attached hydrogens (tertiary/aromatic N) is 6. The lowest BCUT2D eigenvalue weighted by molar-refractivity contribution is -0.145. The third kappa shape index (κ3) is 9.40. The molecular formula is C35H53N7O3. The molecule has 3 aromatic rings. The molecule has 2 saturated heterocycles. The van der Waals surface area contributed by atoms with Crippen molar-refractivity contribution in [3.63, 3.8) is 0 Å². The molecule has 5 rings (SSSR count). The number of ether oxygens (including phenoxy) is 2. The number of aryl methyl sites for hydroxylation is 1. The highest BCUT2D eigenvalue weighted by molar-refractivity contribution is 5.71. The Hall–Kier alpha value is -3.21. The van der Waals surface area contributed by atoms with Crippen molar-refractivity contribution in [2.75, 3.05) is 45.9 Å². The number of H-pyrrole nitrogens is 1. The molecule has 0 atom stereocenters. The number of esters is 1. The molecule has 45 heavy (non-hydrogen) atoms. The molecule has 4 heterocycles. The van der Waals surface area contributed by atoms with E-state index < -0.39 is 0 Å². The van der Waals surface area contributed by atoms with E-state index in [4.69, 9.17) is 14.5 Å². The van der Waals surface area contributed by atoms with Gasteiger partial charge in [-0.3, -0.25) is 4.90 Å². The van der Waals surface area contributed by atoms with Crippen molar-refractivity contribution >= 4 is 5.97 Å². The normalized spacial score (nSPS) is 17.1. The van der Waals surface area contributed by atoms with Crippen molar-refractivity contribution in [1.82, 2.24) is 34.2 Å². The van der Waals surface area contributed by atoms with Gasteiger partial charge in [-0.05, 0) is 94.7 Å².